The van der Waals surface area contributed by atoms with E-state index in [4.69, 9.17) is 10.7 Å². The molecule has 1 fully saturated rings. The summed E-state index contributed by atoms with van der Waals surface area (Å²) in [5.74, 6) is 1.68. The second-order valence-electron chi connectivity index (χ2n) is 10.8. The molecule has 1 aromatic carbocycles. The van der Waals surface area contributed by atoms with Crippen LogP contribution in [-0.4, -0.2) is 11.5 Å². The lowest BCUT2D eigenvalue weighted by atomic mass is 9.63. The number of thiazole rings is 1. The van der Waals surface area contributed by atoms with Gasteiger partial charge >= 0.3 is 0 Å². The maximum Gasteiger partial charge on any atom is 0.0935 e. The number of fused-ring (bicyclic) bond motifs is 1. The maximum absolute atomic E-state index is 5.74. The van der Waals surface area contributed by atoms with Crippen LogP contribution in [0.15, 0.2) is 23.6 Å². The Hall–Kier alpha value is -1.19. The summed E-state index contributed by atoms with van der Waals surface area (Å²) < 4.78 is 0. The molecule has 2 N–H and O–H groups in total. The van der Waals surface area contributed by atoms with Gasteiger partial charge in [-0.25, -0.2) is 4.98 Å². The molecular weight excluding hydrogens is 372 g/mol. The molecule has 2 aromatic rings. The first-order valence-corrected chi connectivity index (χ1v) is 12.5. The average molecular weight is 411 g/mol. The van der Waals surface area contributed by atoms with Crippen LogP contribution in [0.4, 0.5) is 0 Å². The number of rotatable bonds is 5. The van der Waals surface area contributed by atoms with E-state index in [1.165, 1.54) is 72.3 Å². The number of nitrogens with zero attached hydrogens (tertiary/aromatic N) is 1. The largest absolute Gasteiger partial charge is 0.330 e. The van der Waals surface area contributed by atoms with Crippen molar-refractivity contribution in [3.05, 3.63) is 39.7 Å². The molecule has 29 heavy (non-hydrogen) atoms. The minimum Gasteiger partial charge on any atom is -0.330 e. The predicted molar refractivity (Wildman–Crippen MR) is 126 cm³/mol. The molecule has 0 unspecified atom stereocenters. The van der Waals surface area contributed by atoms with Crippen molar-refractivity contribution in [2.75, 3.05) is 6.54 Å². The summed E-state index contributed by atoms with van der Waals surface area (Å²) in [5.41, 5.74) is 11.8. The number of aromatic nitrogens is 1. The lowest BCUT2D eigenvalue weighted by Gasteiger charge is -2.42. The summed E-state index contributed by atoms with van der Waals surface area (Å²) in [4.78, 5) is 5.06. The van der Waals surface area contributed by atoms with E-state index in [1.807, 2.05) is 11.3 Å². The lowest BCUT2D eigenvalue weighted by molar-refractivity contribution is 0.264. The first-order chi connectivity index (χ1) is 13.8. The highest BCUT2D eigenvalue weighted by molar-refractivity contribution is 7.09. The van der Waals surface area contributed by atoms with Gasteiger partial charge in [0.2, 0.25) is 0 Å². The molecular formula is C26H38N2S. The van der Waals surface area contributed by atoms with Gasteiger partial charge in [-0.3, -0.25) is 0 Å². The Balaban J connectivity index is 1.49. The van der Waals surface area contributed by atoms with Crippen molar-refractivity contribution >= 4 is 11.3 Å². The Labute approximate surface area is 181 Å². The lowest BCUT2D eigenvalue weighted by Crippen LogP contribution is -2.33. The molecule has 158 valence electrons. The zero-order chi connectivity index (χ0) is 20.6. The fourth-order valence-electron chi connectivity index (χ4n) is 5.49. The van der Waals surface area contributed by atoms with E-state index in [9.17, 15) is 0 Å². The third-order valence-electron chi connectivity index (χ3n) is 7.70. The fourth-order valence-corrected chi connectivity index (χ4v) is 6.41. The zero-order valence-electron chi connectivity index (χ0n) is 18.8. The summed E-state index contributed by atoms with van der Waals surface area (Å²) in [5, 5.41) is 3.59. The van der Waals surface area contributed by atoms with E-state index >= 15 is 0 Å². The van der Waals surface area contributed by atoms with Crippen LogP contribution in [0.3, 0.4) is 0 Å². The van der Waals surface area contributed by atoms with Gasteiger partial charge in [0.25, 0.3) is 0 Å². The quantitative estimate of drug-likeness (QED) is 0.585. The normalized spacial score (nSPS) is 25.6. The van der Waals surface area contributed by atoms with Crippen molar-refractivity contribution < 1.29 is 0 Å². The summed E-state index contributed by atoms with van der Waals surface area (Å²) in [6, 6.07) is 7.12. The van der Waals surface area contributed by atoms with Crippen molar-refractivity contribution in [2.24, 2.45) is 17.6 Å². The molecule has 0 spiro atoms. The molecule has 4 rings (SSSR count). The molecule has 3 heteroatoms. The molecule has 1 heterocycles. The van der Waals surface area contributed by atoms with Gasteiger partial charge < -0.3 is 5.73 Å². The SMILES string of the molecule is CC1(C)CCC(C)(C)c2cc(-c3csc(CC4CCC(CCN)CC4)n3)ccc21. The Morgan fingerprint density at radius 1 is 0.966 bits per heavy atom. The van der Waals surface area contributed by atoms with Crippen molar-refractivity contribution in [1.82, 2.24) is 4.98 Å². The Morgan fingerprint density at radius 3 is 2.31 bits per heavy atom. The number of benzene rings is 1. The predicted octanol–water partition coefficient (Wildman–Crippen LogP) is 6.86. The van der Waals surface area contributed by atoms with Crippen LogP contribution >= 0.6 is 11.3 Å². The zero-order valence-corrected chi connectivity index (χ0v) is 19.6. The van der Waals surface area contributed by atoms with Crippen LogP contribution in [0.5, 0.6) is 0 Å². The van der Waals surface area contributed by atoms with Crippen LogP contribution in [0.1, 0.15) is 88.8 Å². The first kappa shape index (κ1) is 21.1. The molecule has 2 nitrogen and oxygen atoms in total. The maximum atomic E-state index is 5.74. The average Bonchev–Trinajstić information content (AvgIpc) is 3.16. The molecule has 2 aliphatic carbocycles. The standard InChI is InChI=1S/C26H38N2S/c1-25(2)12-13-26(3,4)22-16-20(9-10-21(22)25)23-17-29-24(28-23)15-19-7-5-18(6-8-19)11-14-27/h9-10,16-19H,5-8,11-15,27H2,1-4H3. The van der Waals surface area contributed by atoms with E-state index in [1.54, 1.807) is 0 Å². The van der Waals surface area contributed by atoms with E-state index in [-0.39, 0.29) is 10.8 Å². The highest BCUT2D eigenvalue weighted by Crippen LogP contribution is 2.46. The smallest absolute Gasteiger partial charge is 0.0935 e. The van der Waals surface area contributed by atoms with Crippen LogP contribution in [0, 0.1) is 11.8 Å². The minimum atomic E-state index is 0.252. The van der Waals surface area contributed by atoms with E-state index in [0.717, 1.165) is 24.8 Å². The van der Waals surface area contributed by atoms with Crippen LogP contribution in [0.2, 0.25) is 0 Å². The Kier molecular flexibility index (Phi) is 5.92. The van der Waals surface area contributed by atoms with Gasteiger partial charge in [0, 0.05) is 17.4 Å². The van der Waals surface area contributed by atoms with Gasteiger partial charge in [-0.05, 0) is 78.5 Å². The Morgan fingerprint density at radius 2 is 1.62 bits per heavy atom. The van der Waals surface area contributed by atoms with Gasteiger partial charge in [-0.2, -0.15) is 0 Å². The van der Waals surface area contributed by atoms with Crippen LogP contribution in [0.25, 0.3) is 11.3 Å². The topological polar surface area (TPSA) is 38.9 Å². The highest BCUT2D eigenvalue weighted by Gasteiger charge is 2.37. The molecule has 1 saturated carbocycles. The van der Waals surface area contributed by atoms with Gasteiger partial charge in [-0.15, -0.1) is 11.3 Å². The number of nitrogens with two attached hydrogens (primary N) is 1. The molecule has 0 atom stereocenters. The molecule has 0 radical (unpaired) electrons. The molecule has 0 aliphatic heterocycles. The molecule has 1 aromatic heterocycles. The van der Waals surface area contributed by atoms with Gasteiger partial charge in [0.1, 0.15) is 0 Å². The van der Waals surface area contributed by atoms with E-state index in [2.05, 4.69) is 51.3 Å². The second kappa shape index (κ2) is 8.15. The van der Waals surface area contributed by atoms with Crippen molar-refractivity contribution in [1.29, 1.82) is 0 Å². The molecule has 0 saturated heterocycles. The van der Waals surface area contributed by atoms with Crippen molar-refractivity contribution in [3.63, 3.8) is 0 Å². The first-order valence-electron chi connectivity index (χ1n) is 11.6. The third-order valence-corrected chi connectivity index (χ3v) is 8.58. The minimum absolute atomic E-state index is 0.252. The van der Waals surface area contributed by atoms with Gasteiger partial charge in [0.15, 0.2) is 0 Å². The van der Waals surface area contributed by atoms with Crippen molar-refractivity contribution in [2.45, 2.75) is 89.9 Å². The molecule has 0 amide bonds. The highest BCUT2D eigenvalue weighted by atomic mass is 32.1. The third kappa shape index (κ3) is 4.46. The van der Waals surface area contributed by atoms with Gasteiger partial charge in [-0.1, -0.05) is 52.7 Å². The molecule has 2 aliphatic rings. The number of hydrogen-bond donors (Lipinski definition) is 1. The summed E-state index contributed by atoms with van der Waals surface area (Å²) in [6.07, 6.45) is 10.3. The fraction of sp³-hybridized carbons (Fsp3) is 0.654. The number of hydrogen-bond acceptors (Lipinski definition) is 3. The summed E-state index contributed by atoms with van der Waals surface area (Å²) in [6.45, 7) is 10.4. The summed E-state index contributed by atoms with van der Waals surface area (Å²) in [7, 11) is 0. The second-order valence-corrected chi connectivity index (χ2v) is 11.8. The van der Waals surface area contributed by atoms with Crippen molar-refractivity contribution in [3.8, 4) is 11.3 Å². The van der Waals surface area contributed by atoms with Crippen LogP contribution in [-0.2, 0) is 17.3 Å². The monoisotopic (exact) mass is 410 g/mol. The van der Waals surface area contributed by atoms with Gasteiger partial charge in [0.05, 0.1) is 10.7 Å². The molecule has 0 bridgehead atoms. The Bertz CT molecular complexity index is 840. The van der Waals surface area contributed by atoms with E-state index < -0.39 is 0 Å². The summed E-state index contributed by atoms with van der Waals surface area (Å²) >= 11 is 1.86. The van der Waals surface area contributed by atoms with E-state index in [0.29, 0.717) is 0 Å². The van der Waals surface area contributed by atoms with Crippen LogP contribution < -0.4 is 5.73 Å².